The van der Waals surface area contributed by atoms with Crippen molar-refractivity contribution in [2.45, 2.75) is 71.5 Å². The predicted molar refractivity (Wildman–Crippen MR) is 106 cm³/mol. The fourth-order valence-electron chi connectivity index (χ4n) is 4.95. The molecule has 0 fully saturated rings. The smallest absolute Gasteiger partial charge is 0.413 e. The number of ether oxygens (including phenoxy) is 1. The van der Waals surface area contributed by atoms with E-state index >= 15 is 0 Å². The van der Waals surface area contributed by atoms with Crippen LogP contribution in [0, 0.1) is 22.7 Å². The lowest BCUT2D eigenvalue weighted by molar-refractivity contribution is -0.0102. The third-order valence-electron chi connectivity index (χ3n) is 6.16. The number of nitriles is 1. The lowest BCUT2D eigenvalue weighted by atomic mass is 9.52. The van der Waals surface area contributed by atoms with E-state index in [9.17, 15) is 15.2 Å². The van der Waals surface area contributed by atoms with Crippen molar-refractivity contribution in [1.29, 1.82) is 5.26 Å². The number of nitrogens with zero attached hydrogens (tertiary/aromatic N) is 3. The summed E-state index contributed by atoms with van der Waals surface area (Å²) in [7, 11) is 1.79. The van der Waals surface area contributed by atoms with Gasteiger partial charge in [0.1, 0.15) is 11.4 Å². The van der Waals surface area contributed by atoms with Gasteiger partial charge in [0.25, 0.3) is 0 Å². The molecule has 7 nitrogen and oxygen atoms in total. The average Bonchev–Trinajstić information content (AvgIpc) is 2.87. The Labute approximate surface area is 166 Å². The first-order chi connectivity index (χ1) is 12.8. The summed E-state index contributed by atoms with van der Waals surface area (Å²) in [5.74, 6) is 0.753. The fraction of sp³-hybridized carbons (Fsp3) is 0.667. The van der Waals surface area contributed by atoms with Gasteiger partial charge in [-0.3, -0.25) is 10.00 Å². The molecule has 2 N–H and O–H groups in total. The van der Waals surface area contributed by atoms with Crippen molar-refractivity contribution in [3.8, 4) is 6.07 Å². The molecule has 1 aromatic rings. The topological polar surface area (TPSA) is 100 Å². The van der Waals surface area contributed by atoms with E-state index in [1.54, 1.807) is 11.7 Å². The SMILES string of the molecule is Cn1nc2c(c1NC(=O)OC(C)(C)C)CC[C@H]1C(C)(C)C(O)C(C#N)=C[C@]21C. The first-order valence-electron chi connectivity index (χ1n) is 9.68. The number of nitrogens with one attached hydrogen (secondary N) is 1. The quantitative estimate of drug-likeness (QED) is 0.770. The van der Waals surface area contributed by atoms with Gasteiger partial charge in [-0.05, 0) is 44.9 Å². The van der Waals surface area contributed by atoms with E-state index in [-0.39, 0.29) is 5.92 Å². The molecular weight excluding hydrogens is 356 g/mol. The van der Waals surface area contributed by atoms with Crippen LogP contribution < -0.4 is 5.32 Å². The molecule has 28 heavy (non-hydrogen) atoms. The van der Waals surface area contributed by atoms with E-state index in [1.165, 1.54) is 0 Å². The summed E-state index contributed by atoms with van der Waals surface area (Å²) in [6.45, 7) is 11.6. The number of aliphatic hydroxyl groups is 1. The van der Waals surface area contributed by atoms with Gasteiger partial charge >= 0.3 is 6.09 Å². The van der Waals surface area contributed by atoms with Gasteiger partial charge in [-0.1, -0.05) is 26.8 Å². The molecule has 0 bridgehead atoms. The Morgan fingerprint density at radius 3 is 2.64 bits per heavy atom. The molecule has 1 aromatic heterocycles. The van der Waals surface area contributed by atoms with Gasteiger partial charge in [-0.2, -0.15) is 10.4 Å². The molecule has 0 saturated heterocycles. The van der Waals surface area contributed by atoms with Crippen LogP contribution in [0.5, 0.6) is 0 Å². The summed E-state index contributed by atoms with van der Waals surface area (Å²) in [5.41, 5.74) is 0.658. The van der Waals surface area contributed by atoms with Crippen LogP contribution in [0.25, 0.3) is 0 Å². The number of hydrogen-bond acceptors (Lipinski definition) is 5. The molecular formula is C21H30N4O3. The summed E-state index contributed by atoms with van der Waals surface area (Å²) in [6, 6.07) is 2.16. The lowest BCUT2D eigenvalue weighted by Crippen LogP contribution is -2.52. The Bertz CT molecular complexity index is 885. The van der Waals surface area contributed by atoms with Crippen LogP contribution in [-0.2, 0) is 23.6 Å². The van der Waals surface area contributed by atoms with Crippen molar-refractivity contribution >= 4 is 11.9 Å². The molecule has 1 unspecified atom stereocenters. The number of aromatic nitrogens is 2. The number of aryl methyl sites for hydroxylation is 1. The molecule has 0 radical (unpaired) electrons. The molecule has 0 spiro atoms. The van der Waals surface area contributed by atoms with Gasteiger partial charge in [0.05, 0.1) is 23.4 Å². The maximum Gasteiger partial charge on any atom is 0.413 e. The lowest BCUT2D eigenvalue weighted by Gasteiger charge is -2.52. The van der Waals surface area contributed by atoms with E-state index < -0.39 is 28.6 Å². The third-order valence-corrected chi connectivity index (χ3v) is 6.16. The second-order valence-corrected chi connectivity index (χ2v) is 9.74. The maximum absolute atomic E-state index is 12.3. The summed E-state index contributed by atoms with van der Waals surface area (Å²) < 4.78 is 7.06. The van der Waals surface area contributed by atoms with E-state index in [1.807, 2.05) is 40.7 Å². The van der Waals surface area contributed by atoms with Crippen molar-refractivity contribution in [3.63, 3.8) is 0 Å². The molecule has 3 atom stereocenters. The molecule has 2 aliphatic carbocycles. The zero-order valence-electron chi connectivity index (χ0n) is 17.8. The summed E-state index contributed by atoms with van der Waals surface area (Å²) >= 11 is 0. The van der Waals surface area contributed by atoms with Crippen LogP contribution in [0.3, 0.4) is 0 Å². The number of fused-ring (bicyclic) bond motifs is 3. The van der Waals surface area contributed by atoms with E-state index in [0.717, 1.165) is 24.1 Å². The summed E-state index contributed by atoms with van der Waals surface area (Å²) in [4.78, 5) is 12.3. The predicted octanol–water partition coefficient (Wildman–Crippen LogP) is 3.44. The average molecular weight is 386 g/mol. The molecule has 3 rings (SSSR count). The minimum atomic E-state index is -0.791. The highest BCUT2D eigenvalue weighted by molar-refractivity contribution is 5.85. The second kappa shape index (κ2) is 6.35. The molecule has 0 saturated carbocycles. The Kier molecular flexibility index (Phi) is 4.62. The van der Waals surface area contributed by atoms with Crippen molar-refractivity contribution in [3.05, 3.63) is 22.9 Å². The van der Waals surface area contributed by atoms with Gasteiger partial charge < -0.3 is 9.84 Å². The molecule has 0 aliphatic heterocycles. The van der Waals surface area contributed by atoms with Crippen LogP contribution in [0.4, 0.5) is 10.6 Å². The van der Waals surface area contributed by atoms with E-state index in [2.05, 4.69) is 18.3 Å². The zero-order valence-corrected chi connectivity index (χ0v) is 17.8. The third kappa shape index (κ3) is 3.10. The van der Waals surface area contributed by atoms with Gasteiger partial charge in [-0.25, -0.2) is 4.79 Å². The Balaban J connectivity index is 2.06. The minimum absolute atomic E-state index is 0.129. The molecule has 7 heteroatoms. The molecule has 0 aromatic carbocycles. The highest BCUT2D eigenvalue weighted by Gasteiger charge is 2.55. The Morgan fingerprint density at radius 1 is 1.43 bits per heavy atom. The molecule has 1 amide bonds. The minimum Gasteiger partial charge on any atom is -0.444 e. The van der Waals surface area contributed by atoms with Gasteiger partial charge in [0.2, 0.25) is 0 Å². The fourth-order valence-corrected chi connectivity index (χ4v) is 4.95. The first-order valence-corrected chi connectivity index (χ1v) is 9.68. The van der Waals surface area contributed by atoms with Crippen LogP contribution in [0.15, 0.2) is 11.6 Å². The number of carbonyl (C=O) groups is 1. The number of amides is 1. The number of allylic oxidation sites excluding steroid dienone is 1. The summed E-state index contributed by atoms with van der Waals surface area (Å²) in [6.07, 6.45) is 2.13. The molecule has 152 valence electrons. The van der Waals surface area contributed by atoms with E-state index in [0.29, 0.717) is 11.4 Å². The maximum atomic E-state index is 12.3. The first kappa shape index (κ1) is 20.4. The highest BCUT2D eigenvalue weighted by atomic mass is 16.6. The normalized spacial score (nSPS) is 28.5. The monoisotopic (exact) mass is 386 g/mol. The molecule has 2 aliphatic rings. The van der Waals surface area contributed by atoms with E-state index in [4.69, 9.17) is 9.84 Å². The van der Waals surface area contributed by atoms with Crippen molar-refractivity contribution < 1.29 is 14.6 Å². The standard InChI is InChI=1S/C21H30N4O3/c1-19(2,3)28-18(27)23-17-13-8-9-14-20(4,5)16(26)12(11-22)10-21(14,6)15(13)24-25(17)7/h10,14,16,26H,8-9H2,1-7H3,(H,23,27)/t14-,16?,21-/m0/s1. The summed E-state index contributed by atoms with van der Waals surface area (Å²) in [5, 5.41) is 27.8. The zero-order chi connectivity index (χ0) is 21.1. The van der Waals surface area contributed by atoms with Crippen molar-refractivity contribution in [1.82, 2.24) is 9.78 Å². The number of aliphatic hydroxyl groups excluding tert-OH is 1. The van der Waals surface area contributed by atoms with Gasteiger partial charge in [0.15, 0.2) is 0 Å². The Morgan fingerprint density at radius 2 is 2.07 bits per heavy atom. The number of anilines is 1. The van der Waals surface area contributed by atoms with Crippen molar-refractivity contribution in [2.75, 3.05) is 5.32 Å². The largest absolute Gasteiger partial charge is 0.444 e. The van der Waals surface area contributed by atoms with Gasteiger partial charge in [-0.15, -0.1) is 0 Å². The highest BCUT2D eigenvalue weighted by Crippen LogP contribution is 2.56. The van der Waals surface area contributed by atoms with Crippen LogP contribution >= 0.6 is 0 Å². The number of hydrogen-bond donors (Lipinski definition) is 2. The van der Waals surface area contributed by atoms with Crippen molar-refractivity contribution in [2.24, 2.45) is 18.4 Å². The van der Waals surface area contributed by atoms with Crippen LogP contribution in [0.2, 0.25) is 0 Å². The second-order valence-electron chi connectivity index (χ2n) is 9.74. The number of rotatable bonds is 1. The Hall–Kier alpha value is -2.33. The van der Waals surface area contributed by atoms with Gasteiger partial charge in [0, 0.05) is 18.0 Å². The molecule has 1 heterocycles. The van der Waals surface area contributed by atoms with Crippen LogP contribution in [-0.4, -0.2) is 32.7 Å². The number of carbonyl (C=O) groups excluding carboxylic acids is 1. The van der Waals surface area contributed by atoms with Crippen LogP contribution in [0.1, 0.15) is 59.2 Å².